The molecule has 5 heteroatoms. The molecular weight excluding hydrogens is 244 g/mol. The number of hydrogen-bond donors (Lipinski definition) is 1. The molecule has 2 heterocycles. The van der Waals surface area contributed by atoms with Gasteiger partial charge in [-0.15, -0.1) is 0 Å². The molecule has 2 aliphatic rings. The number of piperazine rings is 1. The van der Waals surface area contributed by atoms with E-state index >= 15 is 0 Å². The molecule has 1 aromatic rings. The van der Waals surface area contributed by atoms with Crippen LogP contribution < -0.4 is 5.32 Å². The van der Waals surface area contributed by atoms with Crippen molar-refractivity contribution < 1.29 is 14.0 Å². The largest absolute Gasteiger partial charge is 0.472 e. The van der Waals surface area contributed by atoms with Gasteiger partial charge in [-0.05, 0) is 25.8 Å². The molecule has 102 valence electrons. The summed E-state index contributed by atoms with van der Waals surface area (Å²) in [5.41, 5.74) is 0.274. The lowest BCUT2D eigenvalue weighted by Crippen LogP contribution is -2.68. The molecule has 1 saturated carbocycles. The number of furan rings is 1. The lowest BCUT2D eigenvalue weighted by molar-refractivity contribution is -0.154. The summed E-state index contributed by atoms with van der Waals surface area (Å²) in [6, 6.07) is 1.40. The molecule has 19 heavy (non-hydrogen) atoms. The summed E-state index contributed by atoms with van der Waals surface area (Å²) >= 11 is 0. The molecule has 2 amide bonds. The van der Waals surface area contributed by atoms with Gasteiger partial charge in [0.2, 0.25) is 11.8 Å². The normalized spacial score (nSPS) is 25.9. The van der Waals surface area contributed by atoms with Crippen molar-refractivity contribution in [3.8, 4) is 0 Å². The molecule has 3 rings (SSSR count). The highest BCUT2D eigenvalue weighted by molar-refractivity contribution is 5.99. The SMILES string of the molecule is CC1C(=O)NC2(CCCC2)C(=O)N1Cc1ccoc1. The van der Waals surface area contributed by atoms with Crippen LogP contribution in [0.25, 0.3) is 0 Å². The van der Waals surface area contributed by atoms with E-state index in [1.807, 2.05) is 6.07 Å². The zero-order valence-corrected chi connectivity index (χ0v) is 11.0. The predicted octanol–water partition coefficient (Wildman–Crippen LogP) is 1.44. The molecule has 1 aliphatic heterocycles. The monoisotopic (exact) mass is 262 g/mol. The highest BCUT2D eigenvalue weighted by Gasteiger charge is 2.50. The summed E-state index contributed by atoms with van der Waals surface area (Å²) in [5.74, 6) is 0.00305. The molecule has 0 aromatic carbocycles. The Labute approximate surface area is 111 Å². The highest BCUT2D eigenvalue weighted by Crippen LogP contribution is 2.35. The van der Waals surface area contributed by atoms with E-state index in [9.17, 15) is 9.59 Å². The topological polar surface area (TPSA) is 62.6 Å². The van der Waals surface area contributed by atoms with Crippen LogP contribution in [0.5, 0.6) is 0 Å². The van der Waals surface area contributed by atoms with Gasteiger partial charge in [-0.3, -0.25) is 9.59 Å². The summed E-state index contributed by atoms with van der Waals surface area (Å²) in [6.07, 6.45) is 6.71. The third-order valence-electron chi connectivity index (χ3n) is 4.27. The maximum absolute atomic E-state index is 12.7. The summed E-state index contributed by atoms with van der Waals surface area (Å²) < 4.78 is 5.03. The summed E-state index contributed by atoms with van der Waals surface area (Å²) in [7, 11) is 0. The van der Waals surface area contributed by atoms with Crippen molar-refractivity contribution >= 4 is 11.8 Å². The molecule has 2 fully saturated rings. The molecule has 5 nitrogen and oxygen atoms in total. The Kier molecular flexibility index (Phi) is 2.84. The van der Waals surface area contributed by atoms with Crippen molar-refractivity contribution in [2.75, 3.05) is 0 Å². The van der Waals surface area contributed by atoms with Crippen LogP contribution >= 0.6 is 0 Å². The van der Waals surface area contributed by atoms with Gasteiger partial charge in [-0.2, -0.15) is 0 Å². The van der Waals surface area contributed by atoms with Crippen molar-refractivity contribution in [3.05, 3.63) is 24.2 Å². The van der Waals surface area contributed by atoms with Crippen molar-refractivity contribution in [1.82, 2.24) is 10.2 Å². The van der Waals surface area contributed by atoms with Crippen LogP contribution in [-0.4, -0.2) is 28.3 Å². The second kappa shape index (κ2) is 4.40. The lowest BCUT2D eigenvalue weighted by atomic mass is 9.91. The van der Waals surface area contributed by atoms with Crippen LogP contribution in [0.2, 0.25) is 0 Å². The average molecular weight is 262 g/mol. The molecule has 0 bridgehead atoms. The molecule has 1 saturated heterocycles. The Morgan fingerprint density at radius 2 is 2.16 bits per heavy atom. The van der Waals surface area contributed by atoms with Crippen LogP contribution in [0.15, 0.2) is 23.0 Å². The summed E-state index contributed by atoms with van der Waals surface area (Å²) in [5, 5.41) is 2.95. The van der Waals surface area contributed by atoms with Gasteiger partial charge in [0.25, 0.3) is 0 Å². The molecule has 1 aromatic heterocycles. The van der Waals surface area contributed by atoms with E-state index in [-0.39, 0.29) is 11.8 Å². The van der Waals surface area contributed by atoms with Crippen LogP contribution in [0.1, 0.15) is 38.2 Å². The first kappa shape index (κ1) is 12.3. The zero-order chi connectivity index (χ0) is 13.5. The maximum atomic E-state index is 12.7. The molecule has 1 spiro atoms. The van der Waals surface area contributed by atoms with Gasteiger partial charge in [0.15, 0.2) is 0 Å². The molecular formula is C14H18N2O3. The van der Waals surface area contributed by atoms with E-state index in [1.54, 1.807) is 24.3 Å². The van der Waals surface area contributed by atoms with Gasteiger partial charge in [-0.25, -0.2) is 0 Å². The van der Waals surface area contributed by atoms with Crippen LogP contribution in [0, 0.1) is 0 Å². The van der Waals surface area contributed by atoms with Crippen molar-refractivity contribution in [2.24, 2.45) is 0 Å². The Morgan fingerprint density at radius 1 is 1.42 bits per heavy atom. The van der Waals surface area contributed by atoms with Gasteiger partial charge in [0.1, 0.15) is 11.6 Å². The second-order valence-corrected chi connectivity index (χ2v) is 5.52. The van der Waals surface area contributed by atoms with Crippen molar-refractivity contribution in [3.63, 3.8) is 0 Å². The van der Waals surface area contributed by atoms with Crippen molar-refractivity contribution in [2.45, 2.75) is 50.7 Å². The third kappa shape index (κ3) is 1.93. The Hall–Kier alpha value is -1.78. The summed E-state index contributed by atoms with van der Waals surface area (Å²) in [4.78, 5) is 26.5. The number of nitrogens with zero attached hydrogens (tertiary/aromatic N) is 1. The minimum Gasteiger partial charge on any atom is -0.472 e. The Balaban J connectivity index is 1.87. The number of carbonyl (C=O) groups excluding carboxylic acids is 2. The first-order valence-electron chi connectivity index (χ1n) is 6.77. The van der Waals surface area contributed by atoms with E-state index in [0.717, 1.165) is 31.2 Å². The fourth-order valence-corrected chi connectivity index (χ4v) is 3.09. The van der Waals surface area contributed by atoms with E-state index in [0.29, 0.717) is 6.54 Å². The Morgan fingerprint density at radius 3 is 2.79 bits per heavy atom. The summed E-state index contributed by atoms with van der Waals surface area (Å²) in [6.45, 7) is 2.21. The molecule has 1 aliphatic carbocycles. The predicted molar refractivity (Wildman–Crippen MR) is 68.1 cm³/mol. The quantitative estimate of drug-likeness (QED) is 0.877. The number of carbonyl (C=O) groups is 2. The number of nitrogens with one attached hydrogen (secondary N) is 1. The minimum absolute atomic E-state index is 0.0509. The average Bonchev–Trinajstić information content (AvgIpc) is 3.04. The van der Waals surface area contributed by atoms with Crippen molar-refractivity contribution in [1.29, 1.82) is 0 Å². The number of amides is 2. The van der Waals surface area contributed by atoms with Crippen LogP contribution in [0.3, 0.4) is 0 Å². The highest BCUT2D eigenvalue weighted by atomic mass is 16.3. The smallest absolute Gasteiger partial charge is 0.249 e. The molecule has 1 unspecified atom stereocenters. The fourth-order valence-electron chi connectivity index (χ4n) is 3.09. The van der Waals surface area contributed by atoms with E-state index in [2.05, 4.69) is 5.32 Å². The molecule has 1 N–H and O–H groups in total. The zero-order valence-electron chi connectivity index (χ0n) is 11.0. The van der Waals surface area contributed by atoms with Gasteiger partial charge >= 0.3 is 0 Å². The van der Waals surface area contributed by atoms with E-state index in [4.69, 9.17) is 4.42 Å². The van der Waals surface area contributed by atoms with E-state index in [1.165, 1.54) is 0 Å². The lowest BCUT2D eigenvalue weighted by Gasteiger charge is -2.43. The fraction of sp³-hybridized carbons (Fsp3) is 0.571. The first-order valence-corrected chi connectivity index (χ1v) is 6.77. The van der Waals surface area contributed by atoms with Crippen LogP contribution in [-0.2, 0) is 16.1 Å². The Bertz CT molecular complexity index is 489. The van der Waals surface area contributed by atoms with Gasteiger partial charge in [0.05, 0.1) is 12.5 Å². The van der Waals surface area contributed by atoms with Gasteiger partial charge < -0.3 is 14.6 Å². The third-order valence-corrected chi connectivity index (χ3v) is 4.27. The van der Waals surface area contributed by atoms with Crippen LogP contribution in [0.4, 0.5) is 0 Å². The first-order chi connectivity index (χ1) is 9.12. The number of rotatable bonds is 2. The number of hydrogen-bond acceptors (Lipinski definition) is 3. The molecule has 1 atom stereocenters. The maximum Gasteiger partial charge on any atom is 0.249 e. The second-order valence-electron chi connectivity index (χ2n) is 5.52. The molecule has 0 radical (unpaired) electrons. The standard InChI is InChI=1S/C14H18N2O3/c1-10-12(17)15-14(5-2-3-6-14)13(18)16(10)8-11-4-7-19-9-11/h4,7,9-10H,2-3,5-6,8H2,1H3,(H,15,17). The van der Waals surface area contributed by atoms with Gasteiger partial charge in [0, 0.05) is 12.1 Å². The minimum atomic E-state index is -0.646. The van der Waals surface area contributed by atoms with Gasteiger partial charge in [-0.1, -0.05) is 12.8 Å². The van der Waals surface area contributed by atoms with E-state index < -0.39 is 11.6 Å².